The van der Waals surface area contributed by atoms with Gasteiger partial charge in [0.15, 0.2) is 0 Å². The van der Waals surface area contributed by atoms with Gasteiger partial charge in [-0.05, 0) is 6.92 Å². The molecule has 5 heteroatoms. The van der Waals surface area contributed by atoms with Gasteiger partial charge in [-0.2, -0.15) is 0 Å². The number of nitrogens with zero attached hydrogens (tertiary/aromatic N) is 1. The molecule has 1 aliphatic rings. The summed E-state index contributed by atoms with van der Waals surface area (Å²) in [6.07, 6.45) is 3.43. The monoisotopic (exact) mass is 266 g/mol. The van der Waals surface area contributed by atoms with E-state index < -0.39 is 0 Å². The average molecular weight is 266 g/mol. The molecule has 0 amide bonds. The number of ketones is 2. The fourth-order valence-corrected chi connectivity index (χ4v) is 1.11. The zero-order valence-corrected chi connectivity index (χ0v) is 9.76. The first kappa shape index (κ1) is 13.4. The Morgan fingerprint density at radius 1 is 1.43 bits per heavy atom. The van der Waals surface area contributed by atoms with Gasteiger partial charge < -0.3 is 14.6 Å². The largest absolute Gasteiger partial charge is 0.364 e. The SMILES string of the molecule is C.Cc1nc2c([nH]1)C(=O)C=[C-]C2=O.[Y]. The minimum absolute atomic E-state index is 0. The van der Waals surface area contributed by atoms with Gasteiger partial charge in [0.1, 0.15) is 0 Å². The molecule has 0 atom stereocenters. The van der Waals surface area contributed by atoms with Crippen LogP contribution in [0.2, 0.25) is 0 Å². The Balaban J connectivity index is 0.000000845. The van der Waals surface area contributed by atoms with Crippen LogP contribution in [-0.4, -0.2) is 21.5 Å². The third kappa shape index (κ3) is 2.07. The molecule has 1 N–H and O–H groups in total. The Labute approximate surface area is 107 Å². The Hall–Kier alpha value is -0.606. The number of fused-ring (bicyclic) bond motifs is 1. The number of allylic oxidation sites excluding steroid dienone is 2. The molecule has 1 heterocycles. The van der Waals surface area contributed by atoms with Crippen LogP contribution in [0.3, 0.4) is 0 Å². The molecule has 0 unspecified atom stereocenters. The van der Waals surface area contributed by atoms with Crippen LogP contribution < -0.4 is 0 Å². The Bertz CT molecular complexity index is 371. The second-order valence-corrected chi connectivity index (χ2v) is 2.53. The summed E-state index contributed by atoms with van der Waals surface area (Å²) >= 11 is 0. The second kappa shape index (κ2) is 4.76. The van der Waals surface area contributed by atoms with Gasteiger partial charge >= 0.3 is 0 Å². The number of imidazole rings is 1. The van der Waals surface area contributed by atoms with Crippen molar-refractivity contribution < 1.29 is 42.3 Å². The van der Waals surface area contributed by atoms with Crippen LogP contribution >= 0.6 is 0 Å². The quantitative estimate of drug-likeness (QED) is 0.715. The van der Waals surface area contributed by atoms with Crippen molar-refractivity contribution in [2.45, 2.75) is 14.4 Å². The molecule has 1 radical (unpaired) electrons. The van der Waals surface area contributed by atoms with E-state index in [9.17, 15) is 9.59 Å². The smallest absolute Gasteiger partial charge is 0.0944 e. The topological polar surface area (TPSA) is 62.8 Å². The summed E-state index contributed by atoms with van der Waals surface area (Å²) in [6, 6.07) is 0. The Morgan fingerprint density at radius 3 is 2.64 bits per heavy atom. The van der Waals surface area contributed by atoms with Crippen LogP contribution in [0, 0.1) is 13.0 Å². The van der Waals surface area contributed by atoms with Crippen molar-refractivity contribution in [2.24, 2.45) is 0 Å². The van der Waals surface area contributed by atoms with Gasteiger partial charge in [-0.3, -0.25) is 4.98 Å². The summed E-state index contributed by atoms with van der Waals surface area (Å²) in [7, 11) is 0. The molecule has 2 rings (SSSR count). The molecule has 0 aromatic carbocycles. The maximum Gasteiger partial charge on any atom is 0.0944 e. The third-order valence-corrected chi connectivity index (χ3v) is 1.62. The number of carbonyl (C=O) groups is 2. The van der Waals surface area contributed by atoms with E-state index in [4.69, 9.17) is 0 Å². The molecular weight excluding hydrogens is 257 g/mol. The summed E-state index contributed by atoms with van der Waals surface area (Å²) < 4.78 is 0. The number of hydrogen-bond acceptors (Lipinski definition) is 3. The number of aromatic amines is 1. The molecule has 14 heavy (non-hydrogen) atoms. The fraction of sp³-hybridized carbons (Fsp3) is 0.222. The average Bonchev–Trinajstić information content (AvgIpc) is 2.41. The molecular formula is C9H9N2O2Y-. The van der Waals surface area contributed by atoms with Crippen molar-refractivity contribution in [1.82, 2.24) is 9.97 Å². The number of aromatic nitrogens is 2. The zero-order chi connectivity index (χ0) is 8.72. The molecule has 1 aliphatic carbocycles. The van der Waals surface area contributed by atoms with Gasteiger partial charge in [-0.25, -0.2) is 0 Å². The van der Waals surface area contributed by atoms with Crippen molar-refractivity contribution in [1.29, 1.82) is 0 Å². The summed E-state index contributed by atoms with van der Waals surface area (Å²) in [5.74, 6) is -0.0158. The Morgan fingerprint density at radius 2 is 2.07 bits per heavy atom. The molecule has 0 saturated heterocycles. The van der Waals surface area contributed by atoms with Crippen molar-refractivity contribution >= 4 is 11.6 Å². The van der Waals surface area contributed by atoms with Crippen LogP contribution in [0.4, 0.5) is 0 Å². The van der Waals surface area contributed by atoms with Crippen molar-refractivity contribution in [3.05, 3.63) is 29.4 Å². The fourth-order valence-electron chi connectivity index (χ4n) is 1.11. The van der Waals surface area contributed by atoms with E-state index in [0.29, 0.717) is 5.82 Å². The molecule has 1 aromatic rings. The maximum atomic E-state index is 11.1. The molecule has 0 spiro atoms. The Kier molecular flexibility index (Phi) is 4.55. The van der Waals surface area contributed by atoms with Gasteiger partial charge in [0.05, 0.1) is 17.4 Å². The van der Waals surface area contributed by atoms with Gasteiger partial charge in [0.25, 0.3) is 0 Å². The molecule has 71 valence electrons. The molecule has 0 fully saturated rings. The number of aryl methyl sites for hydroxylation is 1. The van der Waals surface area contributed by atoms with Crippen LogP contribution in [-0.2, 0) is 32.7 Å². The van der Waals surface area contributed by atoms with Crippen LogP contribution in [0.5, 0.6) is 0 Å². The molecule has 1 aromatic heterocycles. The first-order valence-electron chi connectivity index (χ1n) is 3.43. The number of Topliss-reactive ketones (excluding diaryl/α,β-unsaturated/α-hetero) is 1. The molecule has 0 saturated carbocycles. The number of nitrogens with one attached hydrogen (secondary N) is 1. The van der Waals surface area contributed by atoms with Crippen molar-refractivity contribution in [3.8, 4) is 0 Å². The first-order valence-corrected chi connectivity index (χ1v) is 3.43. The van der Waals surface area contributed by atoms with E-state index in [2.05, 4.69) is 16.0 Å². The summed E-state index contributed by atoms with van der Waals surface area (Å²) in [5, 5.41) is 0. The van der Waals surface area contributed by atoms with E-state index in [-0.39, 0.29) is 63.1 Å². The van der Waals surface area contributed by atoms with Crippen LogP contribution in [0.25, 0.3) is 0 Å². The summed E-state index contributed by atoms with van der Waals surface area (Å²) in [6.45, 7) is 1.69. The molecule has 0 bridgehead atoms. The number of carbonyl (C=O) groups excluding carboxylic acids is 2. The van der Waals surface area contributed by atoms with E-state index in [1.807, 2.05) is 0 Å². The van der Waals surface area contributed by atoms with Gasteiger partial charge in [-0.15, -0.1) is 12.2 Å². The summed E-state index contributed by atoms with van der Waals surface area (Å²) in [5.41, 5.74) is 0.455. The number of rotatable bonds is 0. The number of hydrogen-bond donors (Lipinski definition) is 1. The normalized spacial score (nSPS) is 12.9. The predicted octanol–water partition coefficient (Wildman–Crippen LogP) is 1.09. The standard InChI is InChI=1S/C8H5N2O2.CH4.Y/c1-4-9-7-5(11)2-3-6(12)8(7)10-4;;/h2H,1H3,(H,9,10);1H4;/q-1;;. The van der Waals surface area contributed by atoms with Crippen molar-refractivity contribution in [3.63, 3.8) is 0 Å². The minimum Gasteiger partial charge on any atom is -0.364 e. The van der Waals surface area contributed by atoms with Crippen LogP contribution in [0.1, 0.15) is 34.2 Å². The van der Waals surface area contributed by atoms with E-state index >= 15 is 0 Å². The first-order chi connectivity index (χ1) is 5.68. The summed E-state index contributed by atoms with van der Waals surface area (Å²) in [4.78, 5) is 28.8. The van der Waals surface area contributed by atoms with Gasteiger partial charge in [0, 0.05) is 44.1 Å². The van der Waals surface area contributed by atoms with E-state index in [1.54, 1.807) is 6.92 Å². The molecule has 4 nitrogen and oxygen atoms in total. The second-order valence-electron chi connectivity index (χ2n) is 2.53. The number of H-pyrrole nitrogens is 1. The maximum absolute atomic E-state index is 11.1. The molecule has 0 aliphatic heterocycles. The van der Waals surface area contributed by atoms with Crippen molar-refractivity contribution in [2.75, 3.05) is 0 Å². The van der Waals surface area contributed by atoms with Gasteiger partial charge in [0.2, 0.25) is 0 Å². The van der Waals surface area contributed by atoms with E-state index in [1.165, 1.54) is 0 Å². The van der Waals surface area contributed by atoms with Gasteiger partial charge in [-0.1, -0.05) is 7.43 Å². The minimum atomic E-state index is -0.339. The van der Waals surface area contributed by atoms with E-state index in [0.717, 1.165) is 6.08 Å². The zero-order valence-electron chi connectivity index (χ0n) is 6.92. The predicted molar refractivity (Wildman–Crippen MR) is 46.5 cm³/mol. The third-order valence-electron chi connectivity index (χ3n) is 1.62. The van der Waals surface area contributed by atoms with Crippen LogP contribution in [0.15, 0.2) is 6.08 Å².